The minimum absolute atomic E-state index is 0.340. The van der Waals surface area contributed by atoms with Crippen molar-refractivity contribution in [1.82, 2.24) is 0 Å². The Morgan fingerprint density at radius 1 is 0.967 bits per heavy atom. The van der Waals surface area contributed by atoms with Crippen LogP contribution in [0.2, 0.25) is 5.02 Å². The van der Waals surface area contributed by atoms with Crippen LogP contribution in [0.15, 0.2) is 48.5 Å². The van der Waals surface area contributed by atoms with Crippen LogP contribution in [-0.2, 0) is 11.3 Å². The number of halogens is 1. The van der Waals surface area contributed by atoms with Crippen LogP contribution in [0.5, 0.6) is 11.5 Å². The molecule has 0 radical (unpaired) electrons. The molecule has 1 aliphatic rings. The van der Waals surface area contributed by atoms with Gasteiger partial charge in [0.1, 0.15) is 63.5 Å². The number of piperazine rings is 1. The number of nitrogens with one attached hydrogen (secondary N) is 2. The fourth-order valence-electron chi connectivity index (χ4n) is 3.75. The first kappa shape index (κ1) is 22.8. The highest BCUT2D eigenvalue weighted by atomic mass is 35.5. The molecule has 0 aliphatic carbocycles. The maximum Gasteiger partial charge on any atom is 0.127 e. The van der Waals surface area contributed by atoms with Crippen molar-refractivity contribution in [2.75, 3.05) is 59.7 Å². The predicted octanol–water partition coefficient (Wildman–Crippen LogP) is 0.0885. The van der Waals surface area contributed by atoms with Gasteiger partial charge in [-0.2, -0.15) is 0 Å². The highest BCUT2D eigenvalue weighted by Gasteiger charge is 2.25. The summed E-state index contributed by atoms with van der Waals surface area (Å²) in [5.41, 5.74) is 1.32. The number of hydrogen-bond acceptors (Lipinski definition) is 4. The van der Waals surface area contributed by atoms with E-state index in [2.05, 4.69) is 12.1 Å². The molecule has 7 heteroatoms. The van der Waals surface area contributed by atoms with Gasteiger partial charge in [-0.25, -0.2) is 0 Å². The van der Waals surface area contributed by atoms with Crippen molar-refractivity contribution in [3.05, 3.63) is 59.1 Å². The first-order chi connectivity index (χ1) is 14.6. The van der Waals surface area contributed by atoms with Gasteiger partial charge in [0.2, 0.25) is 0 Å². The molecular weight excluding hydrogens is 404 g/mol. The van der Waals surface area contributed by atoms with Gasteiger partial charge in [0.25, 0.3) is 0 Å². The van der Waals surface area contributed by atoms with E-state index in [-0.39, 0.29) is 0 Å². The topological polar surface area (TPSA) is 56.8 Å². The Bertz CT molecular complexity index is 751. The van der Waals surface area contributed by atoms with E-state index in [4.69, 9.17) is 25.8 Å². The van der Waals surface area contributed by atoms with Gasteiger partial charge in [0, 0.05) is 16.7 Å². The van der Waals surface area contributed by atoms with Crippen LogP contribution in [0.1, 0.15) is 5.56 Å². The lowest BCUT2D eigenvalue weighted by Gasteiger charge is -2.30. The molecule has 2 aromatic carbocycles. The van der Waals surface area contributed by atoms with Crippen LogP contribution in [0.25, 0.3) is 0 Å². The Kier molecular flexibility index (Phi) is 9.24. The number of hydrogen-bond donors (Lipinski definition) is 3. The molecule has 1 aliphatic heterocycles. The summed E-state index contributed by atoms with van der Waals surface area (Å²) in [7, 11) is 1.63. The second-order valence-corrected chi connectivity index (χ2v) is 8.20. The standard InChI is InChI=1S/C23H31ClN2O4/c1-28-22-3-2-4-23(15-22)30-14-13-29-18-21(27)17-26-11-9-25(10-12-26)16-19-5-7-20(24)8-6-19/h2-8,15,21,27H,9-14,16-18H2,1H3/p+2/t21-/m1/s1. The van der Waals surface area contributed by atoms with Gasteiger partial charge < -0.3 is 29.1 Å². The van der Waals surface area contributed by atoms with E-state index in [0.717, 1.165) is 55.8 Å². The molecule has 30 heavy (non-hydrogen) atoms. The number of rotatable bonds is 11. The Balaban J connectivity index is 1.25. The zero-order chi connectivity index (χ0) is 21.2. The van der Waals surface area contributed by atoms with Crippen molar-refractivity contribution in [2.24, 2.45) is 0 Å². The minimum Gasteiger partial charge on any atom is -0.497 e. The fraction of sp³-hybridized carbons (Fsp3) is 0.478. The third-order valence-corrected chi connectivity index (χ3v) is 5.66. The Hall–Kier alpha value is -1.83. The van der Waals surface area contributed by atoms with Gasteiger partial charge >= 0.3 is 0 Å². The number of methoxy groups -OCH3 is 1. The molecule has 0 spiro atoms. The van der Waals surface area contributed by atoms with Crippen LogP contribution in [0, 0.1) is 0 Å². The number of quaternary nitrogens is 2. The molecule has 1 atom stereocenters. The quantitative estimate of drug-likeness (QED) is 0.437. The molecule has 3 N–H and O–H groups in total. The summed E-state index contributed by atoms with van der Waals surface area (Å²) in [4.78, 5) is 3.03. The SMILES string of the molecule is COc1cccc(OCCOC[C@H](O)C[NH+]2CC[NH+](Cc3ccc(Cl)cc3)CC2)c1. The van der Waals surface area contributed by atoms with Crippen molar-refractivity contribution in [3.63, 3.8) is 0 Å². The second-order valence-electron chi connectivity index (χ2n) is 7.76. The second kappa shape index (κ2) is 12.1. The molecule has 0 amide bonds. The average molecular weight is 437 g/mol. The molecule has 3 rings (SSSR count). The average Bonchev–Trinajstić information content (AvgIpc) is 2.76. The zero-order valence-corrected chi connectivity index (χ0v) is 18.4. The maximum absolute atomic E-state index is 10.3. The summed E-state index contributed by atoms with van der Waals surface area (Å²) in [6.45, 7) is 7.35. The van der Waals surface area contributed by atoms with Crippen molar-refractivity contribution in [1.29, 1.82) is 0 Å². The largest absolute Gasteiger partial charge is 0.497 e. The number of benzene rings is 2. The normalized spacial score (nSPS) is 20.0. The van der Waals surface area contributed by atoms with E-state index in [1.807, 2.05) is 36.4 Å². The summed E-state index contributed by atoms with van der Waals surface area (Å²) < 4.78 is 16.4. The molecule has 1 saturated heterocycles. The molecule has 0 bridgehead atoms. The summed E-state index contributed by atoms with van der Waals surface area (Å²) in [5, 5.41) is 11.1. The lowest BCUT2D eigenvalue weighted by Crippen LogP contribution is -3.28. The van der Waals surface area contributed by atoms with Crippen molar-refractivity contribution >= 4 is 11.6 Å². The number of ether oxygens (including phenoxy) is 3. The number of aliphatic hydroxyl groups is 1. The van der Waals surface area contributed by atoms with Crippen LogP contribution < -0.4 is 19.3 Å². The Labute approximate surface area is 183 Å². The Morgan fingerprint density at radius 2 is 1.67 bits per heavy atom. The number of aliphatic hydroxyl groups excluding tert-OH is 1. The first-order valence-electron chi connectivity index (χ1n) is 10.6. The van der Waals surface area contributed by atoms with Crippen LogP contribution >= 0.6 is 11.6 Å². The summed E-state index contributed by atoms with van der Waals surface area (Å²) in [6, 6.07) is 15.6. The van der Waals surface area contributed by atoms with E-state index in [1.54, 1.807) is 12.0 Å². The van der Waals surface area contributed by atoms with E-state index in [9.17, 15) is 5.11 Å². The smallest absolute Gasteiger partial charge is 0.127 e. The maximum atomic E-state index is 10.3. The molecule has 1 heterocycles. The summed E-state index contributed by atoms with van der Waals surface area (Å²) in [6.07, 6.45) is -0.449. The highest BCUT2D eigenvalue weighted by molar-refractivity contribution is 6.30. The Morgan fingerprint density at radius 3 is 2.40 bits per heavy atom. The van der Waals surface area contributed by atoms with Crippen molar-refractivity contribution in [2.45, 2.75) is 12.6 Å². The van der Waals surface area contributed by atoms with Gasteiger partial charge in [0.15, 0.2) is 0 Å². The van der Waals surface area contributed by atoms with Gasteiger partial charge in [-0.3, -0.25) is 0 Å². The van der Waals surface area contributed by atoms with Gasteiger partial charge in [-0.1, -0.05) is 29.8 Å². The molecule has 2 aromatic rings. The van der Waals surface area contributed by atoms with Gasteiger partial charge in [0.05, 0.1) is 20.3 Å². The van der Waals surface area contributed by atoms with Crippen LogP contribution in [0.4, 0.5) is 0 Å². The van der Waals surface area contributed by atoms with Crippen LogP contribution in [0.3, 0.4) is 0 Å². The van der Waals surface area contributed by atoms with Crippen LogP contribution in [-0.4, -0.2) is 70.9 Å². The molecular formula is C23H33ClN2O4+2. The first-order valence-corrected chi connectivity index (χ1v) is 10.9. The van der Waals surface area contributed by atoms with E-state index in [1.165, 1.54) is 10.5 Å². The minimum atomic E-state index is -0.449. The van der Waals surface area contributed by atoms with E-state index >= 15 is 0 Å². The molecule has 0 aromatic heterocycles. The lowest BCUT2D eigenvalue weighted by atomic mass is 10.2. The summed E-state index contributed by atoms with van der Waals surface area (Å²) >= 11 is 5.96. The molecule has 0 saturated carbocycles. The third-order valence-electron chi connectivity index (χ3n) is 5.40. The van der Waals surface area contributed by atoms with Gasteiger partial charge in [-0.05, 0) is 24.3 Å². The predicted molar refractivity (Wildman–Crippen MR) is 117 cm³/mol. The fourth-order valence-corrected chi connectivity index (χ4v) is 3.88. The lowest BCUT2D eigenvalue weighted by molar-refractivity contribution is -1.02. The highest BCUT2D eigenvalue weighted by Crippen LogP contribution is 2.18. The zero-order valence-electron chi connectivity index (χ0n) is 17.6. The van der Waals surface area contributed by atoms with Crippen molar-refractivity contribution < 1.29 is 29.1 Å². The third kappa shape index (κ3) is 7.78. The van der Waals surface area contributed by atoms with Crippen molar-refractivity contribution in [3.8, 4) is 11.5 Å². The molecule has 6 nitrogen and oxygen atoms in total. The van der Waals surface area contributed by atoms with E-state index < -0.39 is 6.10 Å². The summed E-state index contributed by atoms with van der Waals surface area (Å²) in [5.74, 6) is 1.52. The molecule has 0 unspecified atom stereocenters. The molecule has 164 valence electrons. The monoisotopic (exact) mass is 436 g/mol. The van der Waals surface area contributed by atoms with E-state index in [0.29, 0.717) is 19.8 Å². The molecule has 1 fully saturated rings. The van der Waals surface area contributed by atoms with Gasteiger partial charge in [-0.15, -0.1) is 0 Å².